The molecule has 3 heteroatoms. The van der Waals surface area contributed by atoms with Crippen LogP contribution < -0.4 is 0 Å². The molecule has 1 aliphatic heterocycles. The van der Waals surface area contributed by atoms with Gasteiger partial charge in [-0.05, 0) is 0 Å². The second kappa shape index (κ2) is 4.55. The van der Waals surface area contributed by atoms with E-state index in [1.807, 2.05) is 35.4 Å². The summed E-state index contributed by atoms with van der Waals surface area (Å²) in [6.07, 6.45) is -0.232. The van der Waals surface area contributed by atoms with Gasteiger partial charge in [0, 0.05) is 18.7 Å². The second-order valence-electron chi connectivity index (χ2n) is 3.24. The standard InChI is InChI=1S/C11H15NO2/c1-2-12-8-9-13-11(14-12)10-6-4-3-5-7-10/h3-7,11H,2,8-9H2,1H3. The van der Waals surface area contributed by atoms with Crippen molar-refractivity contribution in [3.63, 3.8) is 0 Å². The molecule has 1 aromatic carbocycles. The maximum absolute atomic E-state index is 5.63. The van der Waals surface area contributed by atoms with E-state index in [0.29, 0.717) is 0 Å². The lowest BCUT2D eigenvalue weighted by molar-refractivity contribution is -0.323. The second-order valence-corrected chi connectivity index (χ2v) is 3.24. The van der Waals surface area contributed by atoms with Gasteiger partial charge in [-0.25, -0.2) is 0 Å². The molecule has 1 aromatic rings. The summed E-state index contributed by atoms with van der Waals surface area (Å²) in [5.74, 6) is 0. The third-order valence-corrected chi connectivity index (χ3v) is 2.28. The van der Waals surface area contributed by atoms with Crippen molar-refractivity contribution in [1.29, 1.82) is 0 Å². The van der Waals surface area contributed by atoms with Gasteiger partial charge in [0.05, 0.1) is 6.61 Å². The minimum absolute atomic E-state index is 0.232. The summed E-state index contributed by atoms with van der Waals surface area (Å²) in [6, 6.07) is 10.0. The molecule has 0 aromatic heterocycles. The van der Waals surface area contributed by atoms with Crippen LogP contribution in [0, 0.1) is 0 Å². The molecule has 1 saturated heterocycles. The largest absolute Gasteiger partial charge is 0.346 e. The predicted molar refractivity (Wildman–Crippen MR) is 53.5 cm³/mol. The summed E-state index contributed by atoms with van der Waals surface area (Å²) in [6.45, 7) is 4.55. The topological polar surface area (TPSA) is 21.7 Å². The molecule has 0 aliphatic carbocycles. The average molecular weight is 193 g/mol. The highest BCUT2D eigenvalue weighted by Gasteiger charge is 2.21. The van der Waals surface area contributed by atoms with Crippen molar-refractivity contribution in [3.05, 3.63) is 35.9 Å². The Morgan fingerprint density at radius 3 is 2.86 bits per heavy atom. The fourth-order valence-corrected chi connectivity index (χ4v) is 1.48. The molecule has 0 N–H and O–H groups in total. The van der Waals surface area contributed by atoms with E-state index in [4.69, 9.17) is 9.57 Å². The van der Waals surface area contributed by atoms with Crippen molar-refractivity contribution in [2.45, 2.75) is 13.2 Å². The van der Waals surface area contributed by atoms with Crippen LogP contribution in [0.25, 0.3) is 0 Å². The minimum Gasteiger partial charge on any atom is -0.346 e. The van der Waals surface area contributed by atoms with E-state index in [2.05, 4.69) is 6.92 Å². The van der Waals surface area contributed by atoms with Crippen molar-refractivity contribution in [1.82, 2.24) is 5.06 Å². The number of hydroxylamine groups is 2. The number of nitrogens with zero attached hydrogens (tertiary/aromatic N) is 1. The Morgan fingerprint density at radius 2 is 2.14 bits per heavy atom. The Kier molecular flexibility index (Phi) is 3.14. The summed E-state index contributed by atoms with van der Waals surface area (Å²) in [5, 5.41) is 1.93. The third kappa shape index (κ3) is 2.12. The molecule has 2 rings (SSSR count). The molecule has 1 heterocycles. The lowest BCUT2D eigenvalue weighted by atomic mass is 10.2. The van der Waals surface area contributed by atoms with E-state index in [1.54, 1.807) is 0 Å². The van der Waals surface area contributed by atoms with E-state index in [0.717, 1.165) is 25.3 Å². The predicted octanol–water partition coefficient (Wildman–Crippen LogP) is 1.97. The SMILES string of the molecule is CCN1CCOC(c2ccccc2)O1. The van der Waals surface area contributed by atoms with E-state index in [9.17, 15) is 0 Å². The number of ether oxygens (including phenoxy) is 1. The van der Waals surface area contributed by atoms with Crippen LogP contribution in [-0.4, -0.2) is 24.8 Å². The van der Waals surface area contributed by atoms with Crippen molar-refractivity contribution in [2.24, 2.45) is 0 Å². The Labute approximate surface area is 84.2 Å². The molecule has 0 saturated carbocycles. The van der Waals surface area contributed by atoms with Gasteiger partial charge in [-0.2, -0.15) is 5.06 Å². The molecular weight excluding hydrogens is 178 g/mol. The van der Waals surface area contributed by atoms with Crippen LogP contribution in [0.1, 0.15) is 18.8 Å². The molecule has 1 aliphatic rings. The summed E-state index contributed by atoms with van der Waals surface area (Å²) in [7, 11) is 0. The first kappa shape index (κ1) is 9.65. The van der Waals surface area contributed by atoms with Gasteiger partial charge in [0.25, 0.3) is 0 Å². The fraction of sp³-hybridized carbons (Fsp3) is 0.455. The smallest absolute Gasteiger partial charge is 0.203 e. The van der Waals surface area contributed by atoms with Crippen LogP contribution in [0.15, 0.2) is 30.3 Å². The van der Waals surface area contributed by atoms with Crippen molar-refractivity contribution < 1.29 is 9.57 Å². The zero-order chi connectivity index (χ0) is 9.80. The maximum atomic E-state index is 5.63. The average Bonchev–Trinajstić information content (AvgIpc) is 2.30. The van der Waals surface area contributed by atoms with Gasteiger partial charge in [0.15, 0.2) is 0 Å². The van der Waals surface area contributed by atoms with Crippen LogP contribution in [0.2, 0.25) is 0 Å². The molecule has 3 nitrogen and oxygen atoms in total. The minimum atomic E-state index is -0.232. The highest BCUT2D eigenvalue weighted by Crippen LogP contribution is 2.22. The summed E-state index contributed by atoms with van der Waals surface area (Å²) in [4.78, 5) is 5.63. The van der Waals surface area contributed by atoms with Crippen molar-refractivity contribution in [2.75, 3.05) is 19.7 Å². The highest BCUT2D eigenvalue weighted by molar-refractivity contribution is 5.15. The molecule has 76 valence electrons. The fourth-order valence-electron chi connectivity index (χ4n) is 1.48. The Balaban J connectivity index is 2.04. The van der Waals surface area contributed by atoms with Crippen LogP contribution in [0.4, 0.5) is 0 Å². The highest BCUT2D eigenvalue weighted by atomic mass is 16.8. The third-order valence-electron chi connectivity index (χ3n) is 2.28. The number of rotatable bonds is 2. The first-order valence-corrected chi connectivity index (χ1v) is 4.98. The van der Waals surface area contributed by atoms with Crippen LogP contribution >= 0.6 is 0 Å². The maximum Gasteiger partial charge on any atom is 0.203 e. The summed E-state index contributed by atoms with van der Waals surface area (Å²) >= 11 is 0. The zero-order valence-corrected chi connectivity index (χ0v) is 8.35. The zero-order valence-electron chi connectivity index (χ0n) is 8.35. The van der Waals surface area contributed by atoms with Crippen LogP contribution in [0.3, 0.4) is 0 Å². The molecule has 1 fully saturated rings. The quantitative estimate of drug-likeness (QED) is 0.716. The summed E-state index contributed by atoms with van der Waals surface area (Å²) in [5.41, 5.74) is 1.07. The number of hydrogen-bond acceptors (Lipinski definition) is 3. The lowest BCUT2D eigenvalue weighted by Crippen LogP contribution is -2.35. The monoisotopic (exact) mass is 193 g/mol. The van der Waals surface area contributed by atoms with Gasteiger partial charge in [-0.1, -0.05) is 37.3 Å². The molecule has 0 bridgehead atoms. The number of benzene rings is 1. The Hall–Kier alpha value is -0.900. The normalized spacial score (nSPS) is 23.6. The number of hydrogen-bond donors (Lipinski definition) is 0. The molecule has 0 amide bonds. The number of likely N-dealkylation sites (N-methyl/N-ethyl adjacent to an activating group) is 1. The van der Waals surface area contributed by atoms with Gasteiger partial charge in [0.2, 0.25) is 6.29 Å². The molecular formula is C11H15NO2. The van der Waals surface area contributed by atoms with Crippen molar-refractivity contribution >= 4 is 0 Å². The molecule has 1 unspecified atom stereocenters. The van der Waals surface area contributed by atoms with Gasteiger partial charge in [0.1, 0.15) is 0 Å². The van der Waals surface area contributed by atoms with Gasteiger partial charge < -0.3 is 4.74 Å². The lowest BCUT2D eigenvalue weighted by Gasteiger charge is -2.31. The van der Waals surface area contributed by atoms with Crippen LogP contribution in [-0.2, 0) is 9.57 Å². The van der Waals surface area contributed by atoms with Gasteiger partial charge >= 0.3 is 0 Å². The Bertz CT molecular complexity index is 276. The Morgan fingerprint density at radius 1 is 1.36 bits per heavy atom. The molecule has 0 spiro atoms. The van der Waals surface area contributed by atoms with E-state index in [-0.39, 0.29) is 6.29 Å². The van der Waals surface area contributed by atoms with Gasteiger partial charge in [-0.15, -0.1) is 0 Å². The first-order chi connectivity index (χ1) is 6.90. The summed E-state index contributed by atoms with van der Waals surface area (Å²) < 4.78 is 5.53. The van der Waals surface area contributed by atoms with E-state index >= 15 is 0 Å². The first-order valence-electron chi connectivity index (χ1n) is 4.98. The molecule has 14 heavy (non-hydrogen) atoms. The van der Waals surface area contributed by atoms with Crippen molar-refractivity contribution in [3.8, 4) is 0 Å². The van der Waals surface area contributed by atoms with E-state index in [1.165, 1.54) is 0 Å². The van der Waals surface area contributed by atoms with Gasteiger partial charge in [-0.3, -0.25) is 4.84 Å². The van der Waals surface area contributed by atoms with E-state index < -0.39 is 0 Å². The molecule has 0 radical (unpaired) electrons. The van der Waals surface area contributed by atoms with Crippen LogP contribution in [0.5, 0.6) is 0 Å². The molecule has 1 atom stereocenters.